The van der Waals surface area contributed by atoms with Crippen molar-refractivity contribution in [3.05, 3.63) is 29.8 Å². The molecule has 1 aromatic carbocycles. The van der Waals surface area contributed by atoms with Crippen molar-refractivity contribution < 1.29 is 14.3 Å². The van der Waals surface area contributed by atoms with Crippen molar-refractivity contribution in [3.63, 3.8) is 0 Å². The lowest BCUT2D eigenvalue weighted by molar-refractivity contribution is -0.157. The molecule has 1 aliphatic heterocycles. The number of aryl methyl sites for hydroxylation is 1. The summed E-state index contributed by atoms with van der Waals surface area (Å²) < 4.78 is 11.3. The predicted molar refractivity (Wildman–Crippen MR) is 93.4 cm³/mol. The predicted octanol–water partition coefficient (Wildman–Crippen LogP) is 2.02. The van der Waals surface area contributed by atoms with E-state index in [0.717, 1.165) is 24.4 Å². The Kier molecular flexibility index (Phi) is 7.82. The number of amides is 1. The Bertz CT molecular complexity index is 504. The number of hydrogen-bond donors (Lipinski definition) is 1. The Morgan fingerprint density at radius 2 is 2.04 bits per heavy atom. The number of carbonyl (C=O) groups excluding carboxylic acids is 1. The molecule has 130 valence electrons. The van der Waals surface area contributed by atoms with Crippen LogP contribution in [0.25, 0.3) is 0 Å². The van der Waals surface area contributed by atoms with Crippen molar-refractivity contribution in [2.75, 3.05) is 40.4 Å². The summed E-state index contributed by atoms with van der Waals surface area (Å²) >= 11 is 0. The highest BCUT2D eigenvalue weighted by molar-refractivity contribution is 5.85. The molecule has 6 heteroatoms. The number of ether oxygens (including phenoxy) is 2. The fraction of sp³-hybridized carbons (Fsp3) is 0.588. The average Bonchev–Trinajstić information content (AvgIpc) is 2.54. The first kappa shape index (κ1) is 19.7. The third kappa shape index (κ3) is 5.09. The molecule has 1 aromatic rings. The van der Waals surface area contributed by atoms with Crippen LogP contribution in [0.1, 0.15) is 18.4 Å². The van der Waals surface area contributed by atoms with Gasteiger partial charge in [-0.1, -0.05) is 12.1 Å². The van der Waals surface area contributed by atoms with Crippen LogP contribution in [-0.4, -0.2) is 56.8 Å². The van der Waals surface area contributed by atoms with E-state index in [2.05, 4.69) is 5.32 Å². The van der Waals surface area contributed by atoms with E-state index in [1.165, 1.54) is 0 Å². The van der Waals surface area contributed by atoms with E-state index in [4.69, 9.17) is 9.47 Å². The first-order valence-electron chi connectivity index (χ1n) is 7.78. The molecule has 0 unspecified atom stereocenters. The van der Waals surface area contributed by atoms with Crippen molar-refractivity contribution in [1.29, 1.82) is 0 Å². The highest BCUT2D eigenvalue weighted by Gasteiger charge is 2.41. The van der Waals surface area contributed by atoms with Crippen molar-refractivity contribution in [1.82, 2.24) is 10.2 Å². The molecule has 0 saturated carbocycles. The van der Waals surface area contributed by atoms with Gasteiger partial charge < -0.3 is 19.7 Å². The van der Waals surface area contributed by atoms with Crippen LogP contribution in [0.15, 0.2) is 24.3 Å². The number of halogens is 1. The molecule has 0 aliphatic carbocycles. The lowest BCUT2D eigenvalue weighted by Gasteiger charge is -2.37. The van der Waals surface area contributed by atoms with E-state index in [1.54, 1.807) is 12.0 Å². The van der Waals surface area contributed by atoms with Crippen LogP contribution in [0.2, 0.25) is 0 Å². The van der Waals surface area contributed by atoms with Crippen molar-refractivity contribution in [3.8, 4) is 5.75 Å². The van der Waals surface area contributed by atoms with E-state index < -0.39 is 5.60 Å². The van der Waals surface area contributed by atoms with Gasteiger partial charge >= 0.3 is 0 Å². The molecule has 5 nitrogen and oxygen atoms in total. The van der Waals surface area contributed by atoms with Crippen LogP contribution >= 0.6 is 12.4 Å². The number of piperidine rings is 1. The molecule has 0 spiro atoms. The molecule has 2 rings (SSSR count). The van der Waals surface area contributed by atoms with Gasteiger partial charge in [0, 0.05) is 14.2 Å². The van der Waals surface area contributed by atoms with Crippen LogP contribution in [0.3, 0.4) is 0 Å². The van der Waals surface area contributed by atoms with Gasteiger partial charge in [0.05, 0.1) is 6.54 Å². The summed E-state index contributed by atoms with van der Waals surface area (Å²) in [6.07, 6.45) is 1.43. The Hall–Kier alpha value is -1.30. The maximum absolute atomic E-state index is 12.7. The largest absolute Gasteiger partial charge is 0.492 e. The highest BCUT2D eigenvalue weighted by Crippen LogP contribution is 2.24. The summed E-state index contributed by atoms with van der Waals surface area (Å²) in [5.41, 5.74) is 0.485. The molecular weight excluding hydrogens is 316 g/mol. The van der Waals surface area contributed by atoms with Crippen molar-refractivity contribution in [2.45, 2.75) is 25.4 Å². The average molecular weight is 343 g/mol. The summed E-state index contributed by atoms with van der Waals surface area (Å²) in [5.74, 6) is 0.883. The number of carbonyl (C=O) groups is 1. The van der Waals surface area contributed by atoms with Crippen molar-refractivity contribution >= 4 is 18.3 Å². The minimum Gasteiger partial charge on any atom is -0.492 e. The zero-order valence-electron chi connectivity index (χ0n) is 14.1. The topological polar surface area (TPSA) is 50.8 Å². The van der Waals surface area contributed by atoms with Gasteiger partial charge in [-0.05, 0) is 50.6 Å². The quantitative estimate of drug-likeness (QED) is 0.859. The van der Waals surface area contributed by atoms with E-state index in [9.17, 15) is 4.79 Å². The van der Waals surface area contributed by atoms with Gasteiger partial charge in [0.15, 0.2) is 0 Å². The lowest BCUT2D eigenvalue weighted by Crippen LogP contribution is -2.55. The second-order valence-corrected chi connectivity index (χ2v) is 5.84. The molecule has 23 heavy (non-hydrogen) atoms. The zero-order chi connectivity index (χ0) is 16.0. The minimum atomic E-state index is -0.677. The van der Waals surface area contributed by atoms with Crippen LogP contribution in [-0.2, 0) is 9.53 Å². The molecule has 1 fully saturated rings. The highest BCUT2D eigenvalue weighted by atomic mass is 35.5. The number of nitrogens with zero attached hydrogens (tertiary/aromatic N) is 1. The second-order valence-electron chi connectivity index (χ2n) is 5.84. The number of methoxy groups -OCH3 is 1. The summed E-state index contributed by atoms with van der Waals surface area (Å²) in [6, 6.07) is 7.92. The molecule has 1 N–H and O–H groups in total. The number of rotatable bonds is 6. The van der Waals surface area contributed by atoms with Gasteiger partial charge in [0.1, 0.15) is 18.0 Å². The van der Waals surface area contributed by atoms with Gasteiger partial charge in [0.25, 0.3) is 5.91 Å². The zero-order valence-corrected chi connectivity index (χ0v) is 14.9. The summed E-state index contributed by atoms with van der Waals surface area (Å²) in [5, 5.41) is 3.26. The van der Waals surface area contributed by atoms with Gasteiger partial charge in [-0.2, -0.15) is 0 Å². The minimum absolute atomic E-state index is 0. The molecule has 0 atom stereocenters. The van der Waals surface area contributed by atoms with E-state index >= 15 is 0 Å². The smallest absolute Gasteiger partial charge is 0.254 e. The molecule has 0 bridgehead atoms. The Labute approximate surface area is 144 Å². The first-order valence-corrected chi connectivity index (χ1v) is 7.78. The fourth-order valence-electron chi connectivity index (χ4n) is 2.79. The standard InChI is InChI=1S/C17H26N2O3.ClH/c1-14-5-4-6-15(13-14)22-12-11-19(2)16(20)17(21-3)7-9-18-10-8-17;/h4-6,13,18H,7-12H2,1-3H3;1H. The third-order valence-electron chi connectivity index (χ3n) is 4.22. The van der Waals surface area contributed by atoms with Crippen LogP contribution < -0.4 is 10.1 Å². The van der Waals surface area contributed by atoms with Crippen LogP contribution in [0, 0.1) is 6.92 Å². The van der Waals surface area contributed by atoms with Gasteiger partial charge in [-0.3, -0.25) is 4.79 Å². The molecular formula is C17H27ClN2O3. The van der Waals surface area contributed by atoms with E-state index in [-0.39, 0.29) is 18.3 Å². The Morgan fingerprint density at radius 3 is 2.65 bits per heavy atom. The Morgan fingerprint density at radius 1 is 1.35 bits per heavy atom. The maximum Gasteiger partial charge on any atom is 0.254 e. The first-order chi connectivity index (χ1) is 10.6. The lowest BCUT2D eigenvalue weighted by atomic mass is 9.90. The van der Waals surface area contributed by atoms with Crippen molar-refractivity contribution in [2.24, 2.45) is 0 Å². The molecule has 0 aromatic heterocycles. The summed E-state index contributed by atoms with van der Waals surface area (Å²) in [6.45, 7) is 4.68. The Balaban J connectivity index is 0.00000264. The number of benzene rings is 1. The number of nitrogens with one attached hydrogen (secondary N) is 1. The van der Waals surface area contributed by atoms with Gasteiger partial charge in [-0.25, -0.2) is 0 Å². The second kappa shape index (κ2) is 9.11. The number of hydrogen-bond acceptors (Lipinski definition) is 4. The third-order valence-corrected chi connectivity index (χ3v) is 4.22. The molecule has 0 radical (unpaired) electrons. The van der Waals surface area contributed by atoms with Crippen LogP contribution in [0.5, 0.6) is 5.75 Å². The monoisotopic (exact) mass is 342 g/mol. The maximum atomic E-state index is 12.7. The van der Waals surface area contributed by atoms with Gasteiger partial charge in [0.2, 0.25) is 0 Å². The van der Waals surface area contributed by atoms with E-state index in [1.807, 2.05) is 38.2 Å². The van der Waals surface area contributed by atoms with E-state index in [0.29, 0.717) is 26.0 Å². The fourth-order valence-corrected chi connectivity index (χ4v) is 2.79. The SMILES string of the molecule is COC1(C(=O)N(C)CCOc2cccc(C)c2)CCNCC1.Cl. The molecule has 1 saturated heterocycles. The summed E-state index contributed by atoms with van der Waals surface area (Å²) in [4.78, 5) is 14.4. The summed E-state index contributed by atoms with van der Waals surface area (Å²) in [7, 11) is 3.44. The number of likely N-dealkylation sites (N-methyl/N-ethyl adjacent to an activating group) is 1. The van der Waals surface area contributed by atoms with Crippen LogP contribution in [0.4, 0.5) is 0 Å². The molecule has 1 amide bonds. The normalized spacial score (nSPS) is 16.3. The molecule has 1 aliphatic rings. The van der Waals surface area contributed by atoms with Gasteiger partial charge in [-0.15, -0.1) is 12.4 Å². The molecule has 1 heterocycles.